The minimum absolute atomic E-state index is 0.0155. The Bertz CT molecular complexity index is 1150. The molecule has 1 aliphatic heterocycles. The first-order valence-electron chi connectivity index (χ1n) is 9.61. The molecular formula is C21H20ClF3N2O4S. The Morgan fingerprint density at radius 1 is 1.22 bits per heavy atom. The Labute approximate surface area is 188 Å². The Morgan fingerprint density at radius 2 is 1.94 bits per heavy atom. The van der Waals surface area contributed by atoms with Gasteiger partial charge in [-0.3, -0.25) is 9.59 Å². The molecule has 1 atom stereocenters. The van der Waals surface area contributed by atoms with Crippen molar-refractivity contribution in [2.75, 3.05) is 19.3 Å². The second-order valence-electron chi connectivity index (χ2n) is 7.51. The number of carbonyl (C=O) groups excluding carboxylic acids is 2. The van der Waals surface area contributed by atoms with Crippen molar-refractivity contribution in [3.63, 3.8) is 0 Å². The molecule has 0 aliphatic carbocycles. The molecule has 11 heteroatoms. The van der Waals surface area contributed by atoms with Gasteiger partial charge in [0, 0.05) is 31.3 Å². The molecular weight excluding hydrogens is 469 g/mol. The fraction of sp³-hybridized carbons (Fsp3) is 0.333. The van der Waals surface area contributed by atoms with Crippen LogP contribution in [0.3, 0.4) is 0 Å². The van der Waals surface area contributed by atoms with E-state index in [-0.39, 0.29) is 33.5 Å². The minimum Gasteiger partial charge on any atom is -0.343 e. The highest BCUT2D eigenvalue weighted by Gasteiger charge is 2.32. The lowest BCUT2D eigenvalue weighted by Crippen LogP contribution is -2.38. The zero-order valence-corrected chi connectivity index (χ0v) is 18.5. The first-order chi connectivity index (χ1) is 14.9. The van der Waals surface area contributed by atoms with Crippen LogP contribution < -0.4 is 5.32 Å². The van der Waals surface area contributed by atoms with Gasteiger partial charge in [-0.1, -0.05) is 23.7 Å². The van der Waals surface area contributed by atoms with Gasteiger partial charge in [-0.15, -0.1) is 0 Å². The smallest absolute Gasteiger partial charge is 0.343 e. The maximum Gasteiger partial charge on any atom is 0.416 e. The van der Waals surface area contributed by atoms with Gasteiger partial charge >= 0.3 is 6.18 Å². The van der Waals surface area contributed by atoms with E-state index < -0.39 is 33.5 Å². The van der Waals surface area contributed by atoms with Gasteiger partial charge in [0.05, 0.1) is 21.5 Å². The zero-order chi connectivity index (χ0) is 23.7. The van der Waals surface area contributed by atoms with Gasteiger partial charge in [0.15, 0.2) is 9.84 Å². The van der Waals surface area contributed by atoms with Gasteiger partial charge in [0.25, 0.3) is 5.91 Å². The van der Waals surface area contributed by atoms with Gasteiger partial charge in [-0.25, -0.2) is 8.42 Å². The monoisotopic (exact) mass is 488 g/mol. The number of amides is 2. The van der Waals surface area contributed by atoms with Crippen molar-refractivity contribution in [3.8, 4) is 0 Å². The molecule has 32 heavy (non-hydrogen) atoms. The highest BCUT2D eigenvalue weighted by atomic mass is 35.5. The van der Waals surface area contributed by atoms with Crippen LogP contribution in [-0.4, -0.2) is 44.5 Å². The summed E-state index contributed by atoms with van der Waals surface area (Å²) in [6.07, 6.45) is -2.68. The first kappa shape index (κ1) is 24.1. The molecule has 0 radical (unpaired) electrons. The van der Waals surface area contributed by atoms with E-state index in [2.05, 4.69) is 5.32 Å². The predicted molar refractivity (Wildman–Crippen MR) is 112 cm³/mol. The van der Waals surface area contributed by atoms with E-state index >= 15 is 0 Å². The summed E-state index contributed by atoms with van der Waals surface area (Å²) in [7, 11) is -3.71. The molecule has 1 aliphatic rings. The molecule has 1 heterocycles. The number of nitrogens with zero attached hydrogens (tertiary/aromatic N) is 1. The third kappa shape index (κ3) is 5.60. The highest BCUT2D eigenvalue weighted by Crippen LogP contribution is 2.31. The number of sulfone groups is 1. The normalized spacial score (nSPS) is 15.7. The molecule has 2 amide bonds. The number of carbonyl (C=O) groups is 2. The van der Waals surface area contributed by atoms with Crippen LogP contribution in [0.25, 0.3) is 0 Å². The van der Waals surface area contributed by atoms with E-state index in [1.54, 1.807) is 0 Å². The number of hydrogen-bond acceptors (Lipinski definition) is 4. The molecule has 0 aromatic heterocycles. The molecule has 0 spiro atoms. The van der Waals surface area contributed by atoms with Crippen LogP contribution in [0.5, 0.6) is 0 Å². The predicted octanol–water partition coefficient (Wildman–Crippen LogP) is 3.86. The van der Waals surface area contributed by atoms with Crippen LogP contribution >= 0.6 is 11.6 Å². The quantitative estimate of drug-likeness (QED) is 0.669. The van der Waals surface area contributed by atoms with Gasteiger partial charge in [-0.2, -0.15) is 13.2 Å². The largest absolute Gasteiger partial charge is 0.416 e. The molecule has 172 valence electrons. The Morgan fingerprint density at radius 3 is 2.53 bits per heavy atom. The van der Waals surface area contributed by atoms with E-state index in [4.69, 9.17) is 11.6 Å². The SMILES string of the molecule is CS(=O)(=O)c1cc(C(=O)NC(CN2CCCC2=O)c2cccc(C(F)(F)F)c2)ccc1Cl. The molecule has 2 aromatic rings. The highest BCUT2D eigenvalue weighted by molar-refractivity contribution is 7.90. The summed E-state index contributed by atoms with van der Waals surface area (Å²) in [6.45, 7) is 0.418. The van der Waals surface area contributed by atoms with Crippen LogP contribution in [-0.2, 0) is 20.8 Å². The fourth-order valence-corrected chi connectivity index (χ4v) is 4.76. The molecule has 0 saturated carbocycles. The summed E-state index contributed by atoms with van der Waals surface area (Å²) < 4.78 is 63.4. The Hall–Kier alpha value is -2.59. The van der Waals surface area contributed by atoms with Crippen molar-refractivity contribution in [1.29, 1.82) is 0 Å². The maximum absolute atomic E-state index is 13.2. The lowest BCUT2D eigenvalue weighted by atomic mass is 10.0. The lowest BCUT2D eigenvalue weighted by Gasteiger charge is -2.26. The van der Waals surface area contributed by atoms with E-state index in [9.17, 15) is 31.2 Å². The molecule has 0 bridgehead atoms. The molecule has 3 rings (SSSR count). The summed E-state index contributed by atoms with van der Waals surface area (Å²) in [5.41, 5.74) is -0.738. The molecule has 2 aromatic carbocycles. The summed E-state index contributed by atoms with van der Waals surface area (Å²) >= 11 is 5.92. The number of rotatable bonds is 6. The van der Waals surface area contributed by atoms with E-state index in [1.807, 2.05) is 0 Å². The Kier molecular flexibility index (Phi) is 6.85. The molecule has 1 unspecified atom stereocenters. The van der Waals surface area contributed by atoms with Crippen LogP contribution in [0.4, 0.5) is 13.2 Å². The van der Waals surface area contributed by atoms with Gasteiger partial charge in [-0.05, 0) is 42.3 Å². The second-order valence-corrected chi connectivity index (χ2v) is 9.90. The van der Waals surface area contributed by atoms with Gasteiger partial charge in [0.1, 0.15) is 0 Å². The number of nitrogens with one attached hydrogen (secondary N) is 1. The molecule has 6 nitrogen and oxygen atoms in total. The van der Waals surface area contributed by atoms with Crippen molar-refractivity contribution in [2.24, 2.45) is 0 Å². The minimum atomic E-state index is -4.57. The van der Waals surface area contributed by atoms with Gasteiger partial charge < -0.3 is 10.2 Å². The number of likely N-dealkylation sites (tertiary alicyclic amines) is 1. The summed E-state index contributed by atoms with van der Waals surface area (Å²) in [5.74, 6) is -0.859. The Balaban J connectivity index is 1.94. The number of benzene rings is 2. The molecule has 1 N–H and O–H groups in total. The number of alkyl halides is 3. The van der Waals surface area contributed by atoms with E-state index in [0.29, 0.717) is 19.4 Å². The summed E-state index contributed by atoms with van der Waals surface area (Å²) in [5, 5.41) is 2.58. The first-order valence-corrected chi connectivity index (χ1v) is 11.9. The maximum atomic E-state index is 13.2. The topological polar surface area (TPSA) is 83.6 Å². The second kappa shape index (κ2) is 9.11. The van der Waals surface area contributed by atoms with Gasteiger partial charge in [0.2, 0.25) is 5.91 Å². The van der Waals surface area contributed by atoms with Crippen molar-refractivity contribution in [1.82, 2.24) is 10.2 Å². The van der Waals surface area contributed by atoms with E-state index in [0.717, 1.165) is 24.5 Å². The third-order valence-corrected chi connectivity index (χ3v) is 6.67. The zero-order valence-electron chi connectivity index (χ0n) is 16.9. The molecule has 1 fully saturated rings. The standard InChI is InChI=1S/C21H20ClF3N2O4S/c1-32(30,31)18-11-14(7-8-16(18)22)20(29)26-17(12-27-9-3-6-19(27)28)13-4-2-5-15(10-13)21(23,24)25/h2,4-5,7-8,10-11,17H,3,6,9,12H2,1H3,(H,26,29). The van der Waals surface area contributed by atoms with Crippen LogP contribution in [0.15, 0.2) is 47.4 Å². The average Bonchev–Trinajstić information content (AvgIpc) is 3.11. The molecule has 1 saturated heterocycles. The fourth-order valence-electron chi connectivity index (χ4n) is 3.45. The number of hydrogen-bond donors (Lipinski definition) is 1. The van der Waals surface area contributed by atoms with Crippen molar-refractivity contribution in [3.05, 3.63) is 64.2 Å². The van der Waals surface area contributed by atoms with Crippen LogP contribution in [0.1, 0.15) is 40.4 Å². The number of halogens is 4. The van der Waals surface area contributed by atoms with Crippen LogP contribution in [0.2, 0.25) is 5.02 Å². The summed E-state index contributed by atoms with van der Waals surface area (Å²) in [4.78, 5) is 26.2. The van der Waals surface area contributed by atoms with E-state index in [1.165, 1.54) is 29.2 Å². The van der Waals surface area contributed by atoms with Crippen molar-refractivity contribution in [2.45, 2.75) is 30.0 Å². The van der Waals surface area contributed by atoms with Crippen molar-refractivity contribution < 1.29 is 31.2 Å². The lowest BCUT2D eigenvalue weighted by molar-refractivity contribution is -0.137. The van der Waals surface area contributed by atoms with Crippen LogP contribution in [0, 0.1) is 0 Å². The average molecular weight is 489 g/mol. The summed E-state index contributed by atoms with van der Waals surface area (Å²) in [6, 6.07) is 7.25. The van der Waals surface area contributed by atoms with Crippen molar-refractivity contribution >= 4 is 33.3 Å². The third-order valence-electron chi connectivity index (χ3n) is 5.09.